The number of para-hydroxylation sites is 1. The molecule has 4 aromatic rings. The topological polar surface area (TPSA) is 119 Å². The number of nitrogens with one attached hydrogen (secondary N) is 2. The van der Waals surface area contributed by atoms with Crippen molar-refractivity contribution in [3.05, 3.63) is 66.6 Å². The van der Waals surface area contributed by atoms with Gasteiger partial charge < -0.3 is 15.8 Å². The van der Waals surface area contributed by atoms with E-state index in [1.54, 1.807) is 18.2 Å². The number of amides is 1. The molecule has 0 saturated carbocycles. The van der Waals surface area contributed by atoms with Crippen LogP contribution in [0.5, 0.6) is 11.6 Å². The first-order valence-corrected chi connectivity index (χ1v) is 7.79. The summed E-state index contributed by atoms with van der Waals surface area (Å²) in [6.45, 7) is 0. The second-order valence-corrected chi connectivity index (χ2v) is 5.48. The summed E-state index contributed by atoms with van der Waals surface area (Å²) in [6.07, 6.45) is 1.41. The summed E-state index contributed by atoms with van der Waals surface area (Å²) in [6, 6.07) is 16.5. The number of benzene rings is 2. The molecule has 0 aliphatic carbocycles. The van der Waals surface area contributed by atoms with Crippen LogP contribution in [0.25, 0.3) is 10.9 Å². The van der Waals surface area contributed by atoms with E-state index in [1.165, 1.54) is 6.33 Å². The van der Waals surface area contributed by atoms with Crippen molar-refractivity contribution < 1.29 is 9.53 Å². The van der Waals surface area contributed by atoms with E-state index >= 15 is 0 Å². The molecule has 0 radical (unpaired) electrons. The van der Waals surface area contributed by atoms with Crippen molar-refractivity contribution in [2.24, 2.45) is 5.73 Å². The lowest BCUT2D eigenvalue weighted by Crippen LogP contribution is -2.11. The van der Waals surface area contributed by atoms with Gasteiger partial charge in [0.15, 0.2) is 5.69 Å². The minimum Gasteiger partial charge on any atom is -0.439 e. The minimum atomic E-state index is -0.589. The van der Waals surface area contributed by atoms with E-state index in [0.717, 1.165) is 11.2 Å². The molecule has 0 fully saturated rings. The summed E-state index contributed by atoms with van der Waals surface area (Å²) < 4.78 is 5.70. The summed E-state index contributed by atoms with van der Waals surface area (Å²) in [4.78, 5) is 19.7. The average molecular weight is 346 g/mol. The number of hydrogen-bond acceptors (Lipinski definition) is 6. The molecule has 0 bridgehead atoms. The van der Waals surface area contributed by atoms with Crippen molar-refractivity contribution in [1.29, 1.82) is 0 Å². The Kier molecular flexibility index (Phi) is 3.91. The largest absolute Gasteiger partial charge is 0.439 e. The maximum absolute atomic E-state index is 11.4. The average Bonchev–Trinajstić information content (AvgIpc) is 3.06. The van der Waals surface area contributed by atoms with Gasteiger partial charge in [0.05, 0.1) is 5.52 Å². The zero-order valence-corrected chi connectivity index (χ0v) is 13.5. The van der Waals surface area contributed by atoms with Crippen molar-refractivity contribution >= 4 is 28.3 Å². The number of anilines is 2. The maximum Gasteiger partial charge on any atom is 0.269 e. The van der Waals surface area contributed by atoms with Crippen LogP contribution in [0.4, 0.5) is 11.5 Å². The van der Waals surface area contributed by atoms with Crippen molar-refractivity contribution in [3.8, 4) is 11.6 Å². The summed E-state index contributed by atoms with van der Waals surface area (Å²) in [5, 5.41) is 10.5. The number of rotatable bonds is 5. The molecule has 0 aliphatic heterocycles. The van der Waals surface area contributed by atoms with E-state index in [-0.39, 0.29) is 5.69 Å². The van der Waals surface area contributed by atoms with Gasteiger partial charge in [-0.1, -0.05) is 18.2 Å². The van der Waals surface area contributed by atoms with Gasteiger partial charge in [-0.05, 0) is 30.3 Å². The molecule has 8 nitrogen and oxygen atoms in total. The number of H-pyrrole nitrogens is 1. The van der Waals surface area contributed by atoms with Gasteiger partial charge in [0.25, 0.3) is 5.91 Å². The van der Waals surface area contributed by atoms with Gasteiger partial charge in [0.2, 0.25) is 5.88 Å². The Hall–Kier alpha value is -3.94. The Morgan fingerprint density at radius 2 is 1.92 bits per heavy atom. The first kappa shape index (κ1) is 15.6. The highest BCUT2D eigenvalue weighted by molar-refractivity contribution is 6.04. The standard InChI is InChI=1S/C18H14N6O2/c19-18(25)17-13-8-11(6-7-14(13)23-24-17)22-15-9-16(21-10-20-15)26-12-4-2-1-3-5-12/h1-10H,(H2,19,25)(H,23,24)(H,20,21,22). The van der Waals surface area contributed by atoms with E-state index in [4.69, 9.17) is 10.5 Å². The number of hydrogen-bond donors (Lipinski definition) is 3. The number of ether oxygens (including phenoxy) is 1. The highest BCUT2D eigenvalue weighted by Crippen LogP contribution is 2.25. The van der Waals surface area contributed by atoms with Gasteiger partial charge in [-0.25, -0.2) is 9.97 Å². The summed E-state index contributed by atoms with van der Waals surface area (Å²) in [7, 11) is 0. The fourth-order valence-electron chi connectivity index (χ4n) is 2.50. The highest BCUT2D eigenvalue weighted by atomic mass is 16.5. The maximum atomic E-state index is 11.4. The van der Waals surface area contributed by atoms with Crippen molar-refractivity contribution in [2.75, 3.05) is 5.32 Å². The van der Waals surface area contributed by atoms with Crippen LogP contribution in [0.2, 0.25) is 0 Å². The third kappa shape index (κ3) is 3.16. The number of aromatic amines is 1. The fraction of sp³-hybridized carbons (Fsp3) is 0. The normalized spacial score (nSPS) is 10.6. The van der Waals surface area contributed by atoms with Crippen LogP contribution in [0.1, 0.15) is 10.5 Å². The number of carbonyl (C=O) groups excluding carboxylic acids is 1. The Morgan fingerprint density at radius 1 is 1.08 bits per heavy atom. The Bertz CT molecular complexity index is 1080. The number of primary amides is 1. The molecule has 0 atom stereocenters. The smallest absolute Gasteiger partial charge is 0.269 e. The number of carbonyl (C=O) groups is 1. The van der Waals surface area contributed by atoms with Crippen LogP contribution in [0.3, 0.4) is 0 Å². The van der Waals surface area contributed by atoms with Gasteiger partial charge in [-0.15, -0.1) is 0 Å². The molecular formula is C18H14N6O2. The fourth-order valence-corrected chi connectivity index (χ4v) is 2.50. The lowest BCUT2D eigenvalue weighted by Gasteiger charge is -2.08. The lowest BCUT2D eigenvalue weighted by atomic mass is 10.2. The first-order chi connectivity index (χ1) is 12.7. The van der Waals surface area contributed by atoms with Crippen LogP contribution in [0, 0.1) is 0 Å². The molecule has 0 aliphatic rings. The molecule has 8 heteroatoms. The Labute approximate surface area is 148 Å². The molecule has 4 N–H and O–H groups in total. The molecule has 4 rings (SSSR count). The van der Waals surface area contributed by atoms with Gasteiger partial charge in [-0.3, -0.25) is 9.89 Å². The minimum absolute atomic E-state index is 0.194. The van der Waals surface area contributed by atoms with E-state index in [2.05, 4.69) is 25.5 Å². The second kappa shape index (κ2) is 6.52. The Morgan fingerprint density at radius 3 is 2.73 bits per heavy atom. The van der Waals surface area contributed by atoms with Crippen LogP contribution in [-0.2, 0) is 0 Å². The number of fused-ring (bicyclic) bond motifs is 1. The number of nitrogens with zero attached hydrogens (tertiary/aromatic N) is 3. The number of nitrogens with two attached hydrogens (primary N) is 1. The van der Waals surface area contributed by atoms with Crippen molar-refractivity contribution in [3.63, 3.8) is 0 Å². The van der Waals surface area contributed by atoms with E-state index < -0.39 is 5.91 Å². The van der Waals surface area contributed by atoms with Gasteiger partial charge >= 0.3 is 0 Å². The highest BCUT2D eigenvalue weighted by Gasteiger charge is 2.11. The molecule has 2 aromatic carbocycles. The molecular weight excluding hydrogens is 332 g/mol. The molecule has 128 valence electrons. The first-order valence-electron chi connectivity index (χ1n) is 7.79. The molecule has 2 aromatic heterocycles. The molecule has 0 saturated heterocycles. The van der Waals surface area contributed by atoms with Crippen LogP contribution in [-0.4, -0.2) is 26.1 Å². The predicted octanol–water partition coefficient (Wildman–Crippen LogP) is 2.99. The summed E-state index contributed by atoms with van der Waals surface area (Å²) >= 11 is 0. The Balaban J connectivity index is 1.59. The molecule has 2 heterocycles. The van der Waals surface area contributed by atoms with Crippen molar-refractivity contribution in [1.82, 2.24) is 20.2 Å². The molecule has 0 spiro atoms. The number of aromatic nitrogens is 4. The van der Waals surface area contributed by atoms with Gasteiger partial charge in [0.1, 0.15) is 17.9 Å². The van der Waals surface area contributed by atoms with E-state index in [1.807, 2.05) is 36.4 Å². The SMILES string of the molecule is NC(=O)c1n[nH]c2ccc(Nc3cc(Oc4ccccc4)ncn3)cc12. The van der Waals surface area contributed by atoms with E-state index in [0.29, 0.717) is 22.8 Å². The van der Waals surface area contributed by atoms with E-state index in [9.17, 15) is 4.79 Å². The van der Waals surface area contributed by atoms with Crippen LogP contribution in [0.15, 0.2) is 60.9 Å². The quantitative estimate of drug-likeness (QED) is 0.511. The third-order valence-electron chi connectivity index (χ3n) is 3.68. The molecule has 1 amide bonds. The van der Waals surface area contributed by atoms with Gasteiger partial charge in [0, 0.05) is 17.1 Å². The van der Waals surface area contributed by atoms with Crippen LogP contribution < -0.4 is 15.8 Å². The van der Waals surface area contributed by atoms with Crippen LogP contribution >= 0.6 is 0 Å². The van der Waals surface area contributed by atoms with Crippen molar-refractivity contribution in [2.45, 2.75) is 0 Å². The second-order valence-electron chi connectivity index (χ2n) is 5.48. The molecule has 26 heavy (non-hydrogen) atoms. The lowest BCUT2D eigenvalue weighted by molar-refractivity contribution is 0.0997. The third-order valence-corrected chi connectivity index (χ3v) is 3.68. The molecule has 0 unspecified atom stereocenters. The summed E-state index contributed by atoms with van der Waals surface area (Å²) in [5.41, 5.74) is 6.98. The zero-order valence-electron chi connectivity index (χ0n) is 13.5. The summed E-state index contributed by atoms with van der Waals surface area (Å²) in [5.74, 6) is 1.06. The zero-order chi connectivity index (χ0) is 17.9. The van der Waals surface area contributed by atoms with Gasteiger partial charge in [-0.2, -0.15) is 5.10 Å². The monoisotopic (exact) mass is 346 g/mol. The predicted molar refractivity (Wildman–Crippen MR) is 96.4 cm³/mol.